The van der Waals surface area contributed by atoms with Crippen molar-refractivity contribution in [2.24, 2.45) is 0 Å². The lowest BCUT2D eigenvalue weighted by molar-refractivity contribution is -0.394. The Balaban J connectivity index is 2.50. The maximum Gasteiger partial charge on any atom is 0.318 e. The first-order valence-electron chi connectivity index (χ1n) is 5.55. The van der Waals surface area contributed by atoms with Crippen LogP contribution in [-0.4, -0.2) is 9.85 Å². The first kappa shape index (κ1) is 16.3. The lowest BCUT2D eigenvalue weighted by Crippen LogP contribution is -1.96. The molecule has 0 amide bonds. The molecular weight excluding hydrogens is 359 g/mol. The average molecular weight is 364 g/mol. The fraction of sp³-hybridized carbons (Fsp3) is 0. The van der Waals surface area contributed by atoms with Crippen LogP contribution in [0.1, 0.15) is 0 Å². The van der Waals surface area contributed by atoms with Crippen LogP contribution in [0.4, 0.5) is 11.4 Å². The molecule has 0 fully saturated rings. The summed E-state index contributed by atoms with van der Waals surface area (Å²) in [5, 5.41) is 22.0. The van der Waals surface area contributed by atoms with Gasteiger partial charge in [0.25, 0.3) is 5.69 Å². The van der Waals surface area contributed by atoms with Crippen LogP contribution in [0, 0.1) is 20.2 Å². The van der Waals surface area contributed by atoms with Gasteiger partial charge in [0.2, 0.25) is 5.75 Å². The van der Waals surface area contributed by atoms with E-state index in [4.69, 9.17) is 39.5 Å². The van der Waals surface area contributed by atoms with Crippen LogP contribution in [0.3, 0.4) is 0 Å². The Hall–Kier alpha value is -2.09. The van der Waals surface area contributed by atoms with E-state index in [1.54, 1.807) is 0 Å². The third-order valence-electron chi connectivity index (χ3n) is 2.53. The van der Waals surface area contributed by atoms with Crippen molar-refractivity contribution in [3.05, 3.63) is 65.6 Å². The summed E-state index contributed by atoms with van der Waals surface area (Å²) in [6.45, 7) is 0. The van der Waals surface area contributed by atoms with Crippen molar-refractivity contribution in [2.45, 2.75) is 0 Å². The number of hydrogen-bond donors (Lipinski definition) is 0. The number of rotatable bonds is 4. The molecule has 0 heterocycles. The van der Waals surface area contributed by atoms with Gasteiger partial charge in [0.1, 0.15) is 10.8 Å². The normalized spacial score (nSPS) is 10.3. The van der Waals surface area contributed by atoms with Crippen molar-refractivity contribution < 1.29 is 14.6 Å². The maximum atomic E-state index is 11.0. The Morgan fingerprint density at radius 1 is 0.909 bits per heavy atom. The van der Waals surface area contributed by atoms with Crippen molar-refractivity contribution in [1.29, 1.82) is 0 Å². The molecule has 0 unspecified atom stereocenters. The molecule has 0 aliphatic rings. The molecule has 0 spiro atoms. The first-order valence-corrected chi connectivity index (χ1v) is 6.68. The second-order valence-electron chi connectivity index (χ2n) is 3.97. The fourth-order valence-corrected chi connectivity index (χ4v) is 2.20. The zero-order valence-corrected chi connectivity index (χ0v) is 12.7. The largest absolute Gasteiger partial charge is 0.448 e. The highest BCUT2D eigenvalue weighted by Crippen LogP contribution is 2.40. The number of halogens is 3. The molecule has 0 atom stereocenters. The molecule has 0 saturated carbocycles. The molecule has 0 N–H and O–H groups in total. The van der Waals surface area contributed by atoms with Crippen molar-refractivity contribution in [3.8, 4) is 11.5 Å². The van der Waals surface area contributed by atoms with Crippen LogP contribution in [-0.2, 0) is 0 Å². The number of nitrogens with zero attached hydrogens (tertiary/aromatic N) is 2. The SMILES string of the molecule is O=[N+]([O-])c1ccc(Oc2cc(Cl)cc(Cl)c2Cl)c([N+](=O)[O-])c1. The van der Waals surface area contributed by atoms with Gasteiger partial charge in [0.15, 0.2) is 0 Å². The van der Waals surface area contributed by atoms with E-state index < -0.39 is 21.2 Å². The van der Waals surface area contributed by atoms with Crippen LogP contribution in [0.25, 0.3) is 0 Å². The molecule has 0 aromatic heterocycles. The molecule has 0 saturated heterocycles. The van der Waals surface area contributed by atoms with Crippen LogP contribution in [0.15, 0.2) is 30.3 Å². The molecule has 0 aliphatic carbocycles. The molecule has 0 aliphatic heterocycles. The van der Waals surface area contributed by atoms with Gasteiger partial charge in [-0.15, -0.1) is 0 Å². The van der Waals surface area contributed by atoms with Gasteiger partial charge in [-0.2, -0.15) is 0 Å². The van der Waals surface area contributed by atoms with Gasteiger partial charge in [-0.05, 0) is 12.1 Å². The second kappa shape index (κ2) is 6.35. The molecule has 2 aromatic carbocycles. The zero-order chi connectivity index (χ0) is 16.4. The standard InChI is InChI=1S/C12H5Cl3N2O5/c13-6-3-8(14)12(15)11(4-6)22-10-2-1-7(16(18)19)5-9(10)17(20)21/h1-5H. The monoisotopic (exact) mass is 362 g/mol. The number of non-ortho nitro benzene ring substituents is 1. The lowest BCUT2D eigenvalue weighted by atomic mass is 10.2. The Labute approximate surface area is 138 Å². The summed E-state index contributed by atoms with van der Waals surface area (Å²) in [5.41, 5.74) is -1.02. The summed E-state index contributed by atoms with van der Waals surface area (Å²) >= 11 is 17.6. The summed E-state index contributed by atoms with van der Waals surface area (Å²) in [5.74, 6) is -0.230. The molecule has 0 radical (unpaired) electrons. The summed E-state index contributed by atoms with van der Waals surface area (Å²) in [6.07, 6.45) is 0. The third kappa shape index (κ3) is 3.38. The van der Waals surface area contributed by atoms with E-state index in [1.165, 1.54) is 12.1 Å². The lowest BCUT2D eigenvalue weighted by Gasteiger charge is -2.09. The smallest absolute Gasteiger partial charge is 0.318 e. The zero-order valence-electron chi connectivity index (χ0n) is 10.5. The van der Waals surface area contributed by atoms with Gasteiger partial charge < -0.3 is 4.74 Å². The summed E-state index contributed by atoms with van der Waals surface area (Å²) in [4.78, 5) is 20.1. The summed E-state index contributed by atoms with van der Waals surface area (Å²) < 4.78 is 5.33. The Kier molecular flexibility index (Phi) is 4.70. The van der Waals surface area contributed by atoms with E-state index in [9.17, 15) is 20.2 Å². The molecule has 7 nitrogen and oxygen atoms in total. The molecule has 114 valence electrons. The Morgan fingerprint density at radius 3 is 2.18 bits per heavy atom. The van der Waals surface area contributed by atoms with Crippen LogP contribution >= 0.6 is 34.8 Å². The van der Waals surface area contributed by atoms with Gasteiger partial charge >= 0.3 is 5.69 Å². The number of nitro groups is 2. The van der Waals surface area contributed by atoms with E-state index >= 15 is 0 Å². The van der Waals surface area contributed by atoms with Gasteiger partial charge in [-0.3, -0.25) is 20.2 Å². The predicted octanol–water partition coefficient (Wildman–Crippen LogP) is 5.26. The van der Waals surface area contributed by atoms with Crippen molar-refractivity contribution in [2.75, 3.05) is 0 Å². The highest BCUT2D eigenvalue weighted by atomic mass is 35.5. The van der Waals surface area contributed by atoms with E-state index in [-0.39, 0.29) is 26.6 Å². The molecule has 2 aromatic rings. The molecule has 2 rings (SSSR count). The minimum Gasteiger partial charge on any atom is -0.448 e. The Bertz CT molecular complexity index is 782. The van der Waals surface area contributed by atoms with E-state index in [0.29, 0.717) is 0 Å². The maximum absolute atomic E-state index is 11.0. The molecular formula is C12H5Cl3N2O5. The number of hydrogen-bond acceptors (Lipinski definition) is 5. The highest BCUT2D eigenvalue weighted by molar-refractivity contribution is 6.44. The van der Waals surface area contributed by atoms with Gasteiger partial charge in [-0.1, -0.05) is 34.8 Å². The summed E-state index contributed by atoms with van der Waals surface area (Å²) in [7, 11) is 0. The van der Waals surface area contributed by atoms with Gasteiger partial charge in [0.05, 0.1) is 20.9 Å². The highest BCUT2D eigenvalue weighted by Gasteiger charge is 2.22. The topological polar surface area (TPSA) is 95.5 Å². The predicted molar refractivity (Wildman–Crippen MR) is 81.3 cm³/mol. The number of ether oxygens (including phenoxy) is 1. The van der Waals surface area contributed by atoms with Gasteiger partial charge in [-0.25, -0.2) is 0 Å². The van der Waals surface area contributed by atoms with Gasteiger partial charge in [0, 0.05) is 17.2 Å². The molecule has 22 heavy (non-hydrogen) atoms. The van der Waals surface area contributed by atoms with Crippen molar-refractivity contribution >= 4 is 46.2 Å². The quantitative estimate of drug-likeness (QED) is 0.419. The van der Waals surface area contributed by atoms with Crippen molar-refractivity contribution in [3.63, 3.8) is 0 Å². The van der Waals surface area contributed by atoms with Crippen LogP contribution < -0.4 is 4.74 Å². The molecule has 10 heteroatoms. The first-order chi connectivity index (χ1) is 10.3. The summed E-state index contributed by atoms with van der Waals surface area (Å²) in [6, 6.07) is 5.66. The number of nitro benzene ring substituents is 2. The van der Waals surface area contributed by atoms with E-state index in [0.717, 1.165) is 18.2 Å². The van der Waals surface area contributed by atoms with E-state index in [1.807, 2.05) is 0 Å². The number of benzene rings is 2. The average Bonchev–Trinajstić information content (AvgIpc) is 2.44. The minimum atomic E-state index is -0.803. The van der Waals surface area contributed by atoms with Crippen LogP contribution in [0.5, 0.6) is 11.5 Å². The Morgan fingerprint density at radius 2 is 1.59 bits per heavy atom. The van der Waals surface area contributed by atoms with E-state index in [2.05, 4.69) is 0 Å². The second-order valence-corrected chi connectivity index (χ2v) is 5.19. The van der Waals surface area contributed by atoms with Crippen LogP contribution in [0.2, 0.25) is 15.1 Å². The molecule has 0 bridgehead atoms. The third-order valence-corrected chi connectivity index (χ3v) is 3.53. The fourth-order valence-electron chi connectivity index (χ4n) is 1.57. The van der Waals surface area contributed by atoms with Crippen molar-refractivity contribution in [1.82, 2.24) is 0 Å². The minimum absolute atomic E-state index is 0.00359.